The molecule has 20 heavy (non-hydrogen) atoms. The van der Waals surface area contributed by atoms with E-state index in [2.05, 4.69) is 9.47 Å². The van der Waals surface area contributed by atoms with Gasteiger partial charge >= 0.3 is 12.3 Å². The first kappa shape index (κ1) is 15.8. The number of esters is 1. The van der Waals surface area contributed by atoms with Gasteiger partial charge in [-0.3, -0.25) is 0 Å². The number of alkyl halides is 3. The van der Waals surface area contributed by atoms with Crippen molar-refractivity contribution in [1.29, 1.82) is 5.26 Å². The zero-order chi connectivity index (χ0) is 15.3. The molecule has 0 amide bonds. The first-order valence-electron chi connectivity index (χ1n) is 5.43. The van der Waals surface area contributed by atoms with Gasteiger partial charge in [-0.15, -0.1) is 13.2 Å². The molecular formula is C12H10F3NO4. The quantitative estimate of drug-likeness (QED) is 0.859. The topological polar surface area (TPSA) is 79.6 Å². The maximum atomic E-state index is 12.3. The van der Waals surface area contributed by atoms with Gasteiger partial charge in [-0.05, 0) is 19.1 Å². The Morgan fingerprint density at radius 1 is 1.45 bits per heavy atom. The minimum absolute atomic E-state index is 0.0131. The first-order chi connectivity index (χ1) is 9.34. The number of hydrogen-bond acceptors (Lipinski definition) is 5. The fourth-order valence-electron chi connectivity index (χ4n) is 1.51. The van der Waals surface area contributed by atoms with Gasteiger partial charge in [0.25, 0.3) is 0 Å². The average molecular weight is 289 g/mol. The van der Waals surface area contributed by atoms with Crippen LogP contribution in [-0.2, 0) is 11.3 Å². The van der Waals surface area contributed by atoms with Crippen molar-refractivity contribution in [2.75, 3.05) is 6.61 Å². The molecule has 0 bridgehead atoms. The number of carbonyl (C=O) groups excluding carboxylic acids is 1. The van der Waals surface area contributed by atoms with Crippen LogP contribution in [0.2, 0.25) is 0 Å². The summed E-state index contributed by atoms with van der Waals surface area (Å²) in [7, 11) is 0. The Morgan fingerprint density at radius 3 is 2.55 bits per heavy atom. The monoisotopic (exact) mass is 289 g/mol. The maximum Gasteiger partial charge on any atom is 0.573 e. The largest absolute Gasteiger partial charge is 0.573 e. The van der Waals surface area contributed by atoms with Gasteiger partial charge in [-0.2, -0.15) is 5.26 Å². The summed E-state index contributed by atoms with van der Waals surface area (Å²) in [5.74, 6) is -1.80. The Balaban J connectivity index is 3.41. The lowest BCUT2D eigenvalue weighted by atomic mass is 10.0. The summed E-state index contributed by atoms with van der Waals surface area (Å²) in [5, 5.41) is 17.9. The SMILES string of the molecule is CCOC(=O)c1ccc(C#N)c(OC(F)(F)F)c1CO. The third kappa shape index (κ3) is 3.61. The highest BCUT2D eigenvalue weighted by Gasteiger charge is 2.34. The predicted octanol–water partition coefficient (Wildman–Crippen LogP) is 2.13. The summed E-state index contributed by atoms with van der Waals surface area (Å²) in [6, 6.07) is 3.60. The molecule has 0 heterocycles. The minimum Gasteiger partial charge on any atom is -0.462 e. The lowest BCUT2D eigenvalue weighted by Crippen LogP contribution is -2.20. The van der Waals surface area contributed by atoms with Gasteiger partial charge < -0.3 is 14.6 Å². The second-order valence-corrected chi connectivity index (χ2v) is 3.51. The number of ether oxygens (including phenoxy) is 2. The van der Waals surface area contributed by atoms with Gasteiger partial charge in [0.05, 0.1) is 24.3 Å². The van der Waals surface area contributed by atoms with E-state index in [0.29, 0.717) is 0 Å². The number of rotatable bonds is 4. The number of benzene rings is 1. The molecule has 0 aliphatic carbocycles. The van der Waals surface area contributed by atoms with E-state index in [-0.39, 0.29) is 12.2 Å². The fourth-order valence-corrected chi connectivity index (χ4v) is 1.51. The lowest BCUT2D eigenvalue weighted by Gasteiger charge is -2.16. The highest BCUT2D eigenvalue weighted by Crippen LogP contribution is 2.32. The Morgan fingerprint density at radius 2 is 2.10 bits per heavy atom. The first-order valence-corrected chi connectivity index (χ1v) is 5.43. The molecule has 1 aromatic rings. The van der Waals surface area contributed by atoms with E-state index < -0.39 is 35.8 Å². The lowest BCUT2D eigenvalue weighted by molar-refractivity contribution is -0.275. The van der Waals surface area contributed by atoms with Crippen molar-refractivity contribution in [2.24, 2.45) is 0 Å². The van der Waals surface area contributed by atoms with Crippen LogP contribution in [0, 0.1) is 11.3 Å². The highest BCUT2D eigenvalue weighted by molar-refractivity contribution is 5.92. The molecule has 0 aromatic heterocycles. The fraction of sp³-hybridized carbons (Fsp3) is 0.333. The van der Waals surface area contributed by atoms with Gasteiger partial charge in [0, 0.05) is 5.56 Å². The second kappa shape index (κ2) is 6.25. The number of hydrogen-bond donors (Lipinski definition) is 1. The van der Waals surface area contributed by atoms with Crippen LogP contribution in [0.25, 0.3) is 0 Å². The zero-order valence-electron chi connectivity index (χ0n) is 10.3. The number of carbonyl (C=O) groups is 1. The molecule has 0 unspecified atom stereocenters. The van der Waals surface area contributed by atoms with Crippen molar-refractivity contribution in [2.45, 2.75) is 19.9 Å². The van der Waals surface area contributed by atoms with Crippen LogP contribution < -0.4 is 4.74 Å². The van der Waals surface area contributed by atoms with E-state index in [0.717, 1.165) is 12.1 Å². The standard InChI is InChI=1S/C12H10F3NO4/c1-2-19-11(18)8-4-3-7(5-16)10(9(8)6-17)20-12(13,14)15/h3-4,17H,2,6H2,1H3. The van der Waals surface area contributed by atoms with E-state index in [4.69, 9.17) is 10.4 Å². The minimum atomic E-state index is -5.05. The van der Waals surface area contributed by atoms with Gasteiger partial charge in [0.2, 0.25) is 0 Å². The molecule has 1 rings (SSSR count). The smallest absolute Gasteiger partial charge is 0.462 e. The van der Waals surface area contributed by atoms with Crippen molar-refractivity contribution in [3.63, 3.8) is 0 Å². The molecule has 0 spiro atoms. The molecular weight excluding hydrogens is 279 g/mol. The molecule has 0 aliphatic rings. The summed E-state index contributed by atoms with van der Waals surface area (Å²) in [5.41, 5.74) is -1.17. The van der Waals surface area contributed by atoms with Crippen LogP contribution in [-0.4, -0.2) is 24.0 Å². The third-order valence-electron chi connectivity index (χ3n) is 2.25. The molecule has 0 fully saturated rings. The molecule has 1 N–H and O–H groups in total. The zero-order valence-corrected chi connectivity index (χ0v) is 10.3. The highest BCUT2D eigenvalue weighted by atomic mass is 19.4. The van der Waals surface area contributed by atoms with Crippen molar-refractivity contribution in [1.82, 2.24) is 0 Å². The van der Waals surface area contributed by atoms with Crippen molar-refractivity contribution < 1.29 is 32.5 Å². The van der Waals surface area contributed by atoms with Crippen LogP contribution in [0.5, 0.6) is 5.75 Å². The summed E-state index contributed by atoms with van der Waals surface area (Å²) >= 11 is 0. The molecule has 8 heteroatoms. The van der Waals surface area contributed by atoms with Gasteiger partial charge in [0.15, 0.2) is 5.75 Å². The Hall–Kier alpha value is -2.27. The van der Waals surface area contributed by atoms with Gasteiger partial charge in [0.1, 0.15) is 6.07 Å². The number of aliphatic hydroxyl groups is 1. The van der Waals surface area contributed by atoms with E-state index in [1.807, 2.05) is 0 Å². The maximum absolute atomic E-state index is 12.3. The van der Waals surface area contributed by atoms with Crippen LogP contribution in [0.1, 0.15) is 28.4 Å². The molecule has 0 saturated heterocycles. The van der Waals surface area contributed by atoms with Crippen LogP contribution in [0.4, 0.5) is 13.2 Å². The molecule has 5 nitrogen and oxygen atoms in total. The second-order valence-electron chi connectivity index (χ2n) is 3.51. The Labute approximate surface area is 112 Å². The molecule has 1 aromatic carbocycles. The van der Waals surface area contributed by atoms with E-state index in [1.165, 1.54) is 13.0 Å². The summed E-state index contributed by atoms with van der Waals surface area (Å²) < 4.78 is 45.4. The predicted molar refractivity (Wildman–Crippen MR) is 59.7 cm³/mol. The number of aliphatic hydroxyl groups excluding tert-OH is 1. The summed E-state index contributed by atoms with van der Waals surface area (Å²) in [4.78, 5) is 11.6. The molecule has 0 saturated carbocycles. The number of halogens is 3. The molecule has 0 aliphatic heterocycles. The molecule has 108 valence electrons. The molecule has 0 atom stereocenters. The van der Waals surface area contributed by atoms with E-state index >= 15 is 0 Å². The van der Waals surface area contributed by atoms with Crippen molar-refractivity contribution >= 4 is 5.97 Å². The average Bonchev–Trinajstić information content (AvgIpc) is 2.36. The van der Waals surface area contributed by atoms with E-state index in [1.54, 1.807) is 0 Å². The van der Waals surface area contributed by atoms with Gasteiger partial charge in [-0.25, -0.2) is 4.79 Å². The number of nitriles is 1. The number of nitrogens with zero attached hydrogens (tertiary/aromatic N) is 1. The van der Waals surface area contributed by atoms with Crippen LogP contribution >= 0.6 is 0 Å². The summed E-state index contributed by atoms with van der Waals surface area (Å²) in [6.07, 6.45) is -5.05. The Kier molecular flexibility index (Phi) is 4.94. The summed E-state index contributed by atoms with van der Waals surface area (Å²) in [6.45, 7) is 0.627. The normalized spacial score (nSPS) is 10.8. The Bertz CT molecular complexity index is 549. The van der Waals surface area contributed by atoms with E-state index in [9.17, 15) is 18.0 Å². The van der Waals surface area contributed by atoms with Crippen molar-refractivity contribution in [3.05, 3.63) is 28.8 Å². The van der Waals surface area contributed by atoms with Gasteiger partial charge in [-0.1, -0.05) is 0 Å². The van der Waals surface area contributed by atoms with Crippen LogP contribution in [0.3, 0.4) is 0 Å². The van der Waals surface area contributed by atoms with Crippen molar-refractivity contribution in [3.8, 4) is 11.8 Å². The molecule has 0 radical (unpaired) electrons. The third-order valence-corrected chi connectivity index (χ3v) is 2.25. The van der Waals surface area contributed by atoms with Crippen LogP contribution in [0.15, 0.2) is 12.1 Å².